The smallest absolute Gasteiger partial charge is 0.240 e. The highest BCUT2D eigenvalue weighted by atomic mass is 32.2. The molecule has 0 aliphatic carbocycles. The second-order valence-corrected chi connectivity index (χ2v) is 15.9. The van der Waals surface area contributed by atoms with Gasteiger partial charge >= 0.3 is 0 Å². The van der Waals surface area contributed by atoms with E-state index in [1.54, 1.807) is 24.3 Å². The lowest BCUT2D eigenvalue weighted by Gasteiger charge is -2.38. The maximum absolute atomic E-state index is 13.1. The first kappa shape index (κ1) is 25.5. The number of aliphatic hydroxyl groups excluding tert-OH is 1. The van der Waals surface area contributed by atoms with Gasteiger partial charge in [0, 0.05) is 5.69 Å². The fourth-order valence-corrected chi connectivity index (χ4v) is 5.04. The van der Waals surface area contributed by atoms with Crippen LogP contribution in [0.4, 0.5) is 5.69 Å². The molecule has 0 aromatic heterocycles. The summed E-state index contributed by atoms with van der Waals surface area (Å²) in [5.41, 5.74) is 1.78. The van der Waals surface area contributed by atoms with Gasteiger partial charge in [0.15, 0.2) is 8.32 Å². The van der Waals surface area contributed by atoms with Gasteiger partial charge in [-0.3, -0.25) is 0 Å². The number of aliphatic hydroxyl groups is 1. The van der Waals surface area contributed by atoms with Gasteiger partial charge in [-0.15, -0.1) is 0 Å². The van der Waals surface area contributed by atoms with Crippen LogP contribution in [0.1, 0.15) is 26.3 Å². The van der Waals surface area contributed by atoms with Crippen molar-refractivity contribution in [2.24, 2.45) is 0 Å². The summed E-state index contributed by atoms with van der Waals surface area (Å²) in [6.45, 7) is 12.5. The molecule has 0 fully saturated rings. The van der Waals surface area contributed by atoms with Gasteiger partial charge in [-0.05, 0) is 49.3 Å². The third-order valence-corrected chi connectivity index (χ3v) is 11.9. The largest absolute Gasteiger partial charge is 0.415 e. The van der Waals surface area contributed by atoms with Gasteiger partial charge in [0.05, 0.1) is 30.2 Å². The molecule has 0 saturated heterocycles. The summed E-state index contributed by atoms with van der Waals surface area (Å²) in [5.74, 6) is 0. The van der Waals surface area contributed by atoms with Gasteiger partial charge < -0.3 is 14.8 Å². The van der Waals surface area contributed by atoms with Crippen molar-refractivity contribution in [3.05, 3.63) is 60.2 Å². The average molecular weight is 465 g/mol. The fraction of sp³-hybridized carbons (Fsp3) is 0.478. The zero-order valence-corrected chi connectivity index (χ0v) is 21.2. The molecule has 8 heteroatoms. The Bertz CT molecular complexity index is 926. The Kier molecular flexibility index (Phi) is 8.46. The first-order chi connectivity index (χ1) is 14.4. The summed E-state index contributed by atoms with van der Waals surface area (Å²) in [6, 6.07) is 14.9. The highest BCUT2D eigenvalue weighted by Crippen LogP contribution is 2.36. The van der Waals surface area contributed by atoms with Gasteiger partial charge in [-0.1, -0.05) is 56.7 Å². The third kappa shape index (κ3) is 7.15. The maximum atomic E-state index is 13.1. The van der Waals surface area contributed by atoms with Crippen molar-refractivity contribution in [3.8, 4) is 0 Å². The average Bonchev–Trinajstić information content (AvgIpc) is 2.69. The highest BCUT2D eigenvalue weighted by Gasteiger charge is 2.39. The summed E-state index contributed by atoms with van der Waals surface area (Å²) in [5, 5.41) is 13.3. The molecule has 2 atom stereocenters. The van der Waals surface area contributed by atoms with E-state index >= 15 is 0 Å². The summed E-state index contributed by atoms with van der Waals surface area (Å²) >= 11 is 0. The summed E-state index contributed by atoms with van der Waals surface area (Å²) in [7, 11) is -5.92. The van der Waals surface area contributed by atoms with Gasteiger partial charge in [-0.2, -0.15) is 0 Å². The second-order valence-electron chi connectivity index (χ2n) is 9.41. The molecule has 2 aromatic rings. The SMILES string of the molecule is Cc1ccc(S(=O)(=O)N[C@H](CO[Si](C)(C)C(C)(C)C)[C@@H](CO)Nc2ccccc2)cc1. The minimum absolute atomic E-state index is 0.0189. The van der Waals surface area contributed by atoms with E-state index in [1.807, 2.05) is 37.3 Å². The molecule has 2 aromatic carbocycles. The maximum Gasteiger partial charge on any atom is 0.240 e. The molecule has 0 amide bonds. The minimum atomic E-state index is -3.79. The van der Waals surface area contributed by atoms with Crippen LogP contribution in [0, 0.1) is 6.92 Å². The second kappa shape index (κ2) is 10.3. The van der Waals surface area contributed by atoms with Crippen molar-refractivity contribution in [1.82, 2.24) is 4.72 Å². The van der Waals surface area contributed by atoms with Crippen LogP contribution in [-0.4, -0.2) is 47.1 Å². The first-order valence-corrected chi connectivity index (χ1v) is 14.9. The molecular weight excluding hydrogens is 428 g/mol. The summed E-state index contributed by atoms with van der Waals surface area (Å²) < 4.78 is 35.3. The van der Waals surface area contributed by atoms with E-state index in [0.717, 1.165) is 11.3 Å². The quantitative estimate of drug-likeness (QED) is 0.460. The number of sulfonamides is 1. The molecule has 2 rings (SSSR count). The van der Waals surface area contributed by atoms with Gasteiger partial charge in [0.2, 0.25) is 10.0 Å². The lowest BCUT2D eigenvalue weighted by atomic mass is 10.1. The summed E-state index contributed by atoms with van der Waals surface area (Å²) in [4.78, 5) is 0.187. The van der Waals surface area contributed by atoms with Gasteiger partial charge in [-0.25, -0.2) is 13.1 Å². The van der Waals surface area contributed by atoms with E-state index in [9.17, 15) is 13.5 Å². The van der Waals surface area contributed by atoms with Gasteiger partial charge in [0.1, 0.15) is 0 Å². The number of rotatable bonds is 10. The van der Waals surface area contributed by atoms with E-state index in [-0.39, 0.29) is 23.1 Å². The van der Waals surface area contributed by atoms with Crippen LogP contribution in [0.3, 0.4) is 0 Å². The first-order valence-electron chi connectivity index (χ1n) is 10.5. The van der Waals surface area contributed by atoms with Crippen LogP contribution in [0.15, 0.2) is 59.5 Å². The van der Waals surface area contributed by atoms with Crippen LogP contribution in [0.2, 0.25) is 18.1 Å². The van der Waals surface area contributed by atoms with E-state index in [0.29, 0.717) is 0 Å². The van der Waals surface area contributed by atoms with Crippen molar-refractivity contribution in [2.75, 3.05) is 18.5 Å². The van der Waals surface area contributed by atoms with Crippen LogP contribution in [0.25, 0.3) is 0 Å². The number of aryl methyl sites for hydroxylation is 1. The van der Waals surface area contributed by atoms with E-state index in [2.05, 4.69) is 43.9 Å². The van der Waals surface area contributed by atoms with Crippen molar-refractivity contribution in [3.63, 3.8) is 0 Å². The number of para-hydroxylation sites is 1. The number of anilines is 1. The zero-order chi connectivity index (χ0) is 23.3. The molecule has 0 aliphatic rings. The van der Waals surface area contributed by atoms with Crippen molar-refractivity contribution >= 4 is 24.0 Å². The number of nitrogens with one attached hydrogen (secondary N) is 2. The van der Waals surface area contributed by atoms with Crippen LogP contribution < -0.4 is 10.0 Å². The molecule has 3 N–H and O–H groups in total. The molecule has 0 aliphatic heterocycles. The van der Waals surface area contributed by atoms with E-state index in [1.165, 1.54) is 0 Å². The molecule has 0 saturated carbocycles. The van der Waals surface area contributed by atoms with E-state index in [4.69, 9.17) is 4.43 Å². The predicted molar refractivity (Wildman–Crippen MR) is 129 cm³/mol. The Labute approximate surface area is 188 Å². The Balaban J connectivity index is 2.30. The molecule has 0 unspecified atom stereocenters. The minimum Gasteiger partial charge on any atom is -0.415 e. The van der Waals surface area contributed by atoms with E-state index < -0.39 is 30.4 Å². The topological polar surface area (TPSA) is 87.7 Å². The molecule has 6 nitrogen and oxygen atoms in total. The number of benzene rings is 2. The predicted octanol–water partition coefficient (Wildman–Crippen LogP) is 4.14. The normalized spacial score (nSPS) is 14.8. The van der Waals surface area contributed by atoms with Crippen LogP contribution in [0.5, 0.6) is 0 Å². The molecule has 0 radical (unpaired) electrons. The Hall–Kier alpha value is -1.71. The van der Waals surface area contributed by atoms with Crippen molar-refractivity contribution in [2.45, 2.75) is 62.8 Å². The lowest BCUT2D eigenvalue weighted by Crippen LogP contribution is -2.53. The van der Waals surface area contributed by atoms with Crippen LogP contribution >= 0.6 is 0 Å². The number of hydrogen-bond donors (Lipinski definition) is 3. The highest BCUT2D eigenvalue weighted by molar-refractivity contribution is 7.89. The molecule has 0 spiro atoms. The Morgan fingerprint density at radius 2 is 1.58 bits per heavy atom. The third-order valence-electron chi connectivity index (χ3n) is 5.88. The Morgan fingerprint density at radius 1 is 1.00 bits per heavy atom. The lowest BCUT2D eigenvalue weighted by molar-refractivity contribution is 0.201. The van der Waals surface area contributed by atoms with Crippen LogP contribution in [-0.2, 0) is 14.4 Å². The molecule has 0 heterocycles. The fourth-order valence-electron chi connectivity index (χ4n) is 2.75. The standard InChI is InChI=1S/C23H36N2O4SSi/c1-18-12-14-20(15-13-18)30(27,28)25-22(17-29-31(5,6)23(2,3)4)21(16-26)24-19-10-8-7-9-11-19/h7-15,21-22,24-26H,16-17H2,1-6H3/t21-,22-/m1/s1. The molecular formula is C23H36N2O4SSi. The molecule has 172 valence electrons. The Morgan fingerprint density at radius 3 is 2.10 bits per heavy atom. The number of hydrogen-bond acceptors (Lipinski definition) is 5. The van der Waals surface area contributed by atoms with Gasteiger partial charge in [0.25, 0.3) is 0 Å². The van der Waals surface area contributed by atoms with Crippen molar-refractivity contribution in [1.29, 1.82) is 0 Å². The molecule has 31 heavy (non-hydrogen) atoms. The zero-order valence-electron chi connectivity index (χ0n) is 19.3. The summed E-state index contributed by atoms with van der Waals surface area (Å²) in [6.07, 6.45) is 0. The monoisotopic (exact) mass is 464 g/mol. The van der Waals surface area contributed by atoms with Crippen molar-refractivity contribution < 1.29 is 18.0 Å². The molecule has 0 bridgehead atoms.